The fourth-order valence-corrected chi connectivity index (χ4v) is 3.83. The Bertz CT molecular complexity index is 680. The summed E-state index contributed by atoms with van der Waals surface area (Å²) in [6, 6.07) is 7.44. The third-order valence-electron chi connectivity index (χ3n) is 6.14. The van der Waals surface area contributed by atoms with Crippen LogP contribution in [-0.2, 0) is 9.59 Å². The number of anilines is 2. The van der Waals surface area contributed by atoms with E-state index in [9.17, 15) is 9.59 Å². The van der Waals surface area contributed by atoms with E-state index < -0.39 is 10.8 Å². The van der Waals surface area contributed by atoms with Crippen LogP contribution in [0.4, 0.5) is 11.4 Å². The topological polar surface area (TPSA) is 58.2 Å². The highest BCUT2D eigenvalue weighted by molar-refractivity contribution is 5.97. The van der Waals surface area contributed by atoms with E-state index in [0.717, 1.165) is 31.4 Å². The molecule has 0 spiro atoms. The van der Waals surface area contributed by atoms with Crippen LogP contribution in [0.1, 0.15) is 112 Å². The maximum Gasteiger partial charge on any atom is 0.230 e. The molecule has 0 aliphatic heterocycles. The summed E-state index contributed by atoms with van der Waals surface area (Å²) in [6.07, 6.45) is 12.8. The molecule has 0 aromatic heterocycles. The van der Waals surface area contributed by atoms with Crippen molar-refractivity contribution in [3.8, 4) is 0 Å². The zero-order valence-electron chi connectivity index (χ0n) is 20.9. The van der Waals surface area contributed by atoms with Crippen molar-refractivity contribution >= 4 is 23.2 Å². The molecule has 4 nitrogen and oxygen atoms in total. The first-order valence-corrected chi connectivity index (χ1v) is 12.4. The van der Waals surface area contributed by atoms with Crippen LogP contribution in [0, 0.1) is 10.8 Å². The molecule has 1 aromatic carbocycles. The Morgan fingerprint density at radius 2 is 1.13 bits per heavy atom. The Morgan fingerprint density at radius 3 is 1.61 bits per heavy atom. The van der Waals surface area contributed by atoms with Crippen LogP contribution in [0.2, 0.25) is 0 Å². The van der Waals surface area contributed by atoms with Crippen LogP contribution in [0.15, 0.2) is 24.3 Å². The smallest absolute Gasteiger partial charge is 0.230 e. The van der Waals surface area contributed by atoms with Crippen LogP contribution in [-0.4, -0.2) is 11.8 Å². The van der Waals surface area contributed by atoms with Gasteiger partial charge in [0.05, 0.1) is 0 Å². The quantitative estimate of drug-likeness (QED) is 0.277. The normalized spacial score (nSPS) is 11.9. The fraction of sp³-hybridized carbons (Fsp3) is 0.704. The Labute approximate surface area is 191 Å². The maximum atomic E-state index is 12.9. The van der Waals surface area contributed by atoms with Gasteiger partial charge in [0.25, 0.3) is 0 Å². The molecule has 4 heteroatoms. The third-order valence-corrected chi connectivity index (χ3v) is 6.14. The van der Waals surface area contributed by atoms with E-state index in [4.69, 9.17) is 0 Å². The molecule has 0 aliphatic rings. The molecule has 0 atom stereocenters. The second kappa shape index (κ2) is 13.5. The molecule has 0 bridgehead atoms. The molecular formula is C27H46N2O2. The Balaban J connectivity index is 2.51. The van der Waals surface area contributed by atoms with Gasteiger partial charge in [0.1, 0.15) is 0 Å². The highest BCUT2D eigenvalue weighted by atomic mass is 16.2. The first-order chi connectivity index (χ1) is 14.6. The Kier molecular flexibility index (Phi) is 11.9. The molecule has 0 fully saturated rings. The van der Waals surface area contributed by atoms with Crippen LogP contribution in [0.3, 0.4) is 0 Å². The second-order valence-corrected chi connectivity index (χ2v) is 10.2. The average Bonchev–Trinajstić information content (AvgIpc) is 2.70. The van der Waals surface area contributed by atoms with Crippen molar-refractivity contribution in [3.05, 3.63) is 24.3 Å². The lowest BCUT2D eigenvalue weighted by Crippen LogP contribution is -2.31. The standard InChI is InChI=1S/C27H46N2O2/c1-7-9-10-11-12-13-14-15-20-27(5,6)25(31)29-23-18-16-17-22(21-23)28-24(30)26(3,4)19-8-2/h16-18,21H,7-15,19-20H2,1-6H3,(H,28,30)(H,29,31). The van der Waals surface area contributed by atoms with Gasteiger partial charge in [0.2, 0.25) is 11.8 Å². The predicted octanol–water partition coefficient (Wildman–Crippen LogP) is 7.95. The molecule has 2 N–H and O–H groups in total. The van der Waals surface area contributed by atoms with Crippen molar-refractivity contribution in [2.45, 2.75) is 112 Å². The van der Waals surface area contributed by atoms with Crippen LogP contribution >= 0.6 is 0 Å². The van der Waals surface area contributed by atoms with Crippen molar-refractivity contribution < 1.29 is 9.59 Å². The largest absolute Gasteiger partial charge is 0.326 e. The van der Waals surface area contributed by atoms with E-state index >= 15 is 0 Å². The van der Waals surface area contributed by atoms with Crippen molar-refractivity contribution in [2.24, 2.45) is 10.8 Å². The summed E-state index contributed by atoms with van der Waals surface area (Å²) in [5, 5.41) is 6.04. The summed E-state index contributed by atoms with van der Waals surface area (Å²) in [4.78, 5) is 25.4. The molecule has 0 heterocycles. The lowest BCUT2D eigenvalue weighted by Gasteiger charge is -2.24. The van der Waals surface area contributed by atoms with Crippen LogP contribution in [0.5, 0.6) is 0 Å². The van der Waals surface area contributed by atoms with Crippen LogP contribution in [0.25, 0.3) is 0 Å². The van der Waals surface area contributed by atoms with E-state index in [1.54, 1.807) is 0 Å². The van der Waals surface area contributed by atoms with Crippen molar-refractivity contribution in [1.82, 2.24) is 0 Å². The number of hydrogen-bond donors (Lipinski definition) is 2. The molecule has 0 unspecified atom stereocenters. The molecule has 0 radical (unpaired) electrons. The van der Waals surface area contributed by atoms with Crippen molar-refractivity contribution in [3.63, 3.8) is 0 Å². The number of hydrogen-bond acceptors (Lipinski definition) is 2. The number of carbonyl (C=O) groups is 2. The molecule has 2 amide bonds. The van der Waals surface area contributed by atoms with Crippen molar-refractivity contribution in [1.29, 1.82) is 0 Å². The first-order valence-electron chi connectivity index (χ1n) is 12.4. The lowest BCUT2D eigenvalue weighted by atomic mass is 9.85. The van der Waals surface area contributed by atoms with Gasteiger partial charge in [-0.2, -0.15) is 0 Å². The number of carbonyl (C=O) groups excluding carboxylic acids is 2. The maximum absolute atomic E-state index is 12.9. The molecule has 176 valence electrons. The first kappa shape index (κ1) is 27.2. The highest BCUT2D eigenvalue weighted by Crippen LogP contribution is 2.28. The number of amides is 2. The second-order valence-electron chi connectivity index (χ2n) is 10.2. The van der Waals surface area contributed by atoms with Crippen LogP contribution < -0.4 is 10.6 Å². The summed E-state index contributed by atoms with van der Waals surface area (Å²) in [5.41, 5.74) is 0.615. The van der Waals surface area contributed by atoms with Gasteiger partial charge in [-0.25, -0.2) is 0 Å². The lowest BCUT2D eigenvalue weighted by molar-refractivity contribution is -0.125. The molecule has 1 rings (SSSR count). The summed E-state index contributed by atoms with van der Waals surface area (Å²) >= 11 is 0. The minimum atomic E-state index is -0.412. The van der Waals surface area contributed by atoms with Gasteiger partial charge in [-0.1, -0.05) is 105 Å². The van der Waals surface area contributed by atoms with Crippen molar-refractivity contribution in [2.75, 3.05) is 10.6 Å². The zero-order chi connectivity index (χ0) is 23.3. The monoisotopic (exact) mass is 430 g/mol. The minimum absolute atomic E-state index is 0.00727. The molecule has 0 saturated heterocycles. The molecule has 1 aromatic rings. The van der Waals surface area contributed by atoms with Gasteiger partial charge >= 0.3 is 0 Å². The summed E-state index contributed by atoms with van der Waals surface area (Å²) in [6.45, 7) is 12.3. The van der Waals surface area contributed by atoms with Gasteiger partial charge in [0.15, 0.2) is 0 Å². The fourth-order valence-electron chi connectivity index (χ4n) is 3.83. The molecule has 0 saturated carbocycles. The Hall–Kier alpha value is -1.84. The van der Waals surface area contributed by atoms with Gasteiger partial charge in [-0.3, -0.25) is 9.59 Å². The summed E-state index contributed by atoms with van der Waals surface area (Å²) < 4.78 is 0. The van der Waals surface area contributed by atoms with E-state index in [1.807, 2.05) is 52.0 Å². The predicted molar refractivity (Wildman–Crippen MR) is 133 cm³/mol. The SMILES string of the molecule is CCCCCCCCCCC(C)(C)C(=O)Nc1cccc(NC(=O)C(C)(C)CCC)c1. The number of benzene rings is 1. The van der Waals surface area contributed by atoms with Gasteiger partial charge in [0, 0.05) is 22.2 Å². The molecule has 31 heavy (non-hydrogen) atoms. The summed E-state index contributed by atoms with van der Waals surface area (Å²) in [7, 11) is 0. The highest BCUT2D eigenvalue weighted by Gasteiger charge is 2.28. The average molecular weight is 431 g/mol. The van der Waals surface area contributed by atoms with E-state index in [2.05, 4.69) is 24.5 Å². The Morgan fingerprint density at radius 1 is 0.677 bits per heavy atom. The number of nitrogens with one attached hydrogen (secondary N) is 2. The molecule has 0 aliphatic carbocycles. The van der Waals surface area contributed by atoms with Gasteiger partial charge < -0.3 is 10.6 Å². The minimum Gasteiger partial charge on any atom is -0.326 e. The van der Waals surface area contributed by atoms with Gasteiger partial charge in [-0.05, 0) is 31.0 Å². The third kappa shape index (κ3) is 10.3. The van der Waals surface area contributed by atoms with Gasteiger partial charge in [-0.15, -0.1) is 0 Å². The molecular weight excluding hydrogens is 384 g/mol. The van der Waals surface area contributed by atoms with E-state index in [-0.39, 0.29) is 11.8 Å². The van der Waals surface area contributed by atoms with E-state index in [0.29, 0.717) is 5.69 Å². The van der Waals surface area contributed by atoms with E-state index in [1.165, 1.54) is 44.9 Å². The zero-order valence-corrected chi connectivity index (χ0v) is 20.9. The number of unbranched alkanes of at least 4 members (excludes halogenated alkanes) is 7. The number of rotatable bonds is 15. The summed E-state index contributed by atoms with van der Waals surface area (Å²) in [5.74, 6) is 0.0399.